The molecule has 1 nitrogen and oxygen atoms in total. The lowest BCUT2D eigenvalue weighted by atomic mass is 10.2. The van der Waals surface area contributed by atoms with Gasteiger partial charge in [0.2, 0.25) is 5.24 Å². The van der Waals surface area contributed by atoms with E-state index in [1.807, 2.05) is 0 Å². The van der Waals surface area contributed by atoms with Crippen LogP contribution in [0.1, 0.15) is 5.56 Å². The van der Waals surface area contributed by atoms with Gasteiger partial charge in [-0.15, -0.1) is 11.8 Å². The van der Waals surface area contributed by atoms with Crippen LogP contribution in [0, 0.1) is 0 Å². The Morgan fingerprint density at radius 1 is 1.27 bits per heavy atom. The smallest absolute Gasteiger partial charge is 0.280 e. The highest BCUT2D eigenvalue weighted by atomic mass is 35.5. The normalized spacial score (nSPS) is 11.5. The Morgan fingerprint density at radius 3 is 2.20 bits per heavy atom. The third-order valence-electron chi connectivity index (χ3n) is 1.53. The van der Waals surface area contributed by atoms with Gasteiger partial charge >= 0.3 is 6.18 Å². The number of thioether (sulfide) groups is 1. The highest BCUT2D eigenvalue weighted by molar-refractivity contribution is 8.00. The van der Waals surface area contributed by atoms with Crippen molar-refractivity contribution in [3.05, 3.63) is 29.8 Å². The van der Waals surface area contributed by atoms with E-state index in [9.17, 15) is 18.0 Å². The van der Waals surface area contributed by atoms with Crippen molar-refractivity contribution in [2.75, 3.05) is 5.75 Å². The van der Waals surface area contributed by atoms with Gasteiger partial charge in [-0.25, -0.2) is 0 Å². The largest absolute Gasteiger partial charge is 0.416 e. The van der Waals surface area contributed by atoms with Crippen molar-refractivity contribution >= 4 is 28.6 Å². The van der Waals surface area contributed by atoms with Gasteiger partial charge in [0.15, 0.2) is 0 Å². The summed E-state index contributed by atoms with van der Waals surface area (Å²) in [6, 6.07) is 4.57. The molecule has 1 rings (SSSR count). The molecule has 82 valence electrons. The van der Waals surface area contributed by atoms with Gasteiger partial charge in [-0.05, 0) is 35.9 Å². The second kappa shape index (κ2) is 4.90. The minimum atomic E-state index is -4.33. The highest BCUT2D eigenvalue weighted by Gasteiger charge is 2.29. The predicted molar refractivity (Wildman–Crippen MR) is 53.0 cm³/mol. The van der Waals surface area contributed by atoms with Crippen LogP contribution < -0.4 is 0 Å². The molecule has 0 unspecified atom stereocenters. The van der Waals surface area contributed by atoms with Crippen molar-refractivity contribution in [1.29, 1.82) is 0 Å². The van der Waals surface area contributed by atoms with Gasteiger partial charge in [0, 0.05) is 4.90 Å². The molecule has 1 aromatic carbocycles. The quantitative estimate of drug-likeness (QED) is 0.606. The molecular formula is C9H6ClF3OS. The van der Waals surface area contributed by atoms with Gasteiger partial charge in [0.25, 0.3) is 0 Å². The summed E-state index contributed by atoms with van der Waals surface area (Å²) < 4.78 is 36.5. The molecule has 0 fully saturated rings. The maximum absolute atomic E-state index is 12.2. The minimum Gasteiger partial charge on any atom is -0.280 e. The van der Waals surface area contributed by atoms with Crippen LogP contribution in [-0.4, -0.2) is 11.0 Å². The Labute approximate surface area is 93.6 Å². The summed E-state index contributed by atoms with van der Waals surface area (Å²) in [5.74, 6) is 0.0485. The number of carbonyl (C=O) groups is 1. The fourth-order valence-corrected chi connectivity index (χ4v) is 1.65. The van der Waals surface area contributed by atoms with Gasteiger partial charge in [-0.2, -0.15) is 13.2 Å². The summed E-state index contributed by atoms with van der Waals surface area (Å²) in [5, 5.41) is -0.528. The molecule has 0 N–H and O–H groups in total. The van der Waals surface area contributed by atoms with E-state index in [4.69, 9.17) is 11.6 Å². The van der Waals surface area contributed by atoms with Crippen LogP contribution in [0.3, 0.4) is 0 Å². The SMILES string of the molecule is O=C(Cl)CSc1ccc(C(F)(F)F)cc1. The Kier molecular flexibility index (Phi) is 4.04. The first-order valence-electron chi connectivity index (χ1n) is 3.88. The van der Waals surface area contributed by atoms with Crippen LogP contribution in [0.5, 0.6) is 0 Å². The number of alkyl halides is 3. The minimum absolute atomic E-state index is 0.0485. The van der Waals surface area contributed by atoms with E-state index in [0.717, 1.165) is 23.9 Å². The van der Waals surface area contributed by atoms with E-state index in [2.05, 4.69) is 0 Å². The number of hydrogen-bond donors (Lipinski definition) is 0. The summed E-state index contributed by atoms with van der Waals surface area (Å²) in [4.78, 5) is 11.0. The number of carbonyl (C=O) groups excluding carboxylic acids is 1. The van der Waals surface area contributed by atoms with Crippen molar-refractivity contribution in [2.45, 2.75) is 11.1 Å². The Hall–Kier alpha value is -0.680. The van der Waals surface area contributed by atoms with Crippen LogP contribution in [-0.2, 0) is 11.0 Å². The zero-order valence-electron chi connectivity index (χ0n) is 7.34. The summed E-state index contributed by atoms with van der Waals surface area (Å²) >= 11 is 6.19. The van der Waals surface area contributed by atoms with E-state index >= 15 is 0 Å². The van der Waals surface area contributed by atoms with E-state index < -0.39 is 17.0 Å². The number of rotatable bonds is 3. The maximum atomic E-state index is 12.2. The van der Waals surface area contributed by atoms with Crippen molar-refractivity contribution in [1.82, 2.24) is 0 Å². The van der Waals surface area contributed by atoms with E-state index in [-0.39, 0.29) is 5.75 Å². The average molecular weight is 255 g/mol. The molecule has 1 aromatic rings. The predicted octanol–water partition coefficient (Wildman–Crippen LogP) is 3.56. The highest BCUT2D eigenvalue weighted by Crippen LogP contribution is 2.30. The Balaban J connectivity index is 2.69. The second-order valence-electron chi connectivity index (χ2n) is 2.67. The molecule has 0 aliphatic carbocycles. The Morgan fingerprint density at radius 2 is 1.80 bits per heavy atom. The third-order valence-corrected chi connectivity index (χ3v) is 2.84. The topological polar surface area (TPSA) is 17.1 Å². The molecule has 6 heteroatoms. The van der Waals surface area contributed by atoms with Gasteiger partial charge in [0.05, 0.1) is 11.3 Å². The monoisotopic (exact) mass is 254 g/mol. The maximum Gasteiger partial charge on any atom is 0.416 e. The van der Waals surface area contributed by atoms with E-state index in [1.54, 1.807) is 0 Å². The molecule has 0 spiro atoms. The van der Waals surface area contributed by atoms with Crippen LogP contribution in [0.2, 0.25) is 0 Å². The lowest BCUT2D eigenvalue weighted by Gasteiger charge is -2.06. The zero-order chi connectivity index (χ0) is 11.5. The Bertz CT molecular complexity index is 347. The molecule has 0 bridgehead atoms. The molecule has 15 heavy (non-hydrogen) atoms. The molecule has 0 amide bonds. The zero-order valence-corrected chi connectivity index (χ0v) is 8.92. The number of halogens is 4. The molecule has 0 heterocycles. The summed E-state index contributed by atoms with van der Waals surface area (Å²) in [5.41, 5.74) is -0.705. The van der Waals surface area contributed by atoms with Crippen LogP contribution in [0.15, 0.2) is 29.2 Å². The second-order valence-corrected chi connectivity index (χ2v) is 4.14. The number of hydrogen-bond acceptors (Lipinski definition) is 2. The molecule has 0 saturated carbocycles. The third kappa shape index (κ3) is 4.13. The van der Waals surface area contributed by atoms with Crippen molar-refractivity contribution in [3.63, 3.8) is 0 Å². The van der Waals surface area contributed by atoms with Crippen molar-refractivity contribution in [2.24, 2.45) is 0 Å². The van der Waals surface area contributed by atoms with Crippen LogP contribution in [0.25, 0.3) is 0 Å². The van der Waals surface area contributed by atoms with Crippen LogP contribution in [0.4, 0.5) is 13.2 Å². The van der Waals surface area contributed by atoms with Gasteiger partial charge in [-0.1, -0.05) is 0 Å². The van der Waals surface area contributed by atoms with E-state index in [1.165, 1.54) is 12.1 Å². The average Bonchev–Trinajstić information content (AvgIpc) is 2.14. The summed E-state index contributed by atoms with van der Waals surface area (Å²) in [6.07, 6.45) is -4.33. The summed E-state index contributed by atoms with van der Waals surface area (Å²) in [6.45, 7) is 0. The fourth-order valence-electron chi connectivity index (χ4n) is 0.880. The number of benzene rings is 1. The first-order valence-corrected chi connectivity index (χ1v) is 5.24. The van der Waals surface area contributed by atoms with Gasteiger partial charge < -0.3 is 0 Å². The molecule has 0 radical (unpaired) electrons. The summed E-state index contributed by atoms with van der Waals surface area (Å²) in [7, 11) is 0. The van der Waals surface area contributed by atoms with Gasteiger partial charge in [0.1, 0.15) is 0 Å². The molecule has 0 atom stereocenters. The van der Waals surface area contributed by atoms with Crippen LogP contribution >= 0.6 is 23.4 Å². The van der Waals surface area contributed by atoms with Gasteiger partial charge in [-0.3, -0.25) is 4.79 Å². The van der Waals surface area contributed by atoms with Crippen molar-refractivity contribution in [3.8, 4) is 0 Å². The van der Waals surface area contributed by atoms with Crippen molar-refractivity contribution < 1.29 is 18.0 Å². The lowest BCUT2D eigenvalue weighted by Crippen LogP contribution is -2.04. The molecule has 0 saturated heterocycles. The molecule has 0 aromatic heterocycles. The molecule has 0 aliphatic rings. The fraction of sp³-hybridized carbons (Fsp3) is 0.222. The first kappa shape index (κ1) is 12.4. The van der Waals surface area contributed by atoms with E-state index in [0.29, 0.717) is 4.90 Å². The molecule has 0 aliphatic heterocycles. The lowest BCUT2D eigenvalue weighted by molar-refractivity contribution is -0.137. The first-order chi connectivity index (χ1) is 6.89. The standard InChI is InChI=1S/C9H6ClF3OS/c10-8(14)5-15-7-3-1-6(2-4-7)9(11,12)13/h1-4H,5H2. The molecular weight excluding hydrogens is 249 g/mol.